The highest BCUT2D eigenvalue weighted by molar-refractivity contribution is 6.13. The van der Waals surface area contributed by atoms with Gasteiger partial charge in [0.25, 0.3) is 0 Å². The van der Waals surface area contributed by atoms with Crippen LogP contribution in [0.2, 0.25) is 0 Å². The smallest absolute Gasteiger partial charge is 0.0714 e. The molecule has 21 aromatic carbocycles. The summed E-state index contributed by atoms with van der Waals surface area (Å²) in [5.41, 5.74) is 44.6. The maximum atomic E-state index is 2.55. The van der Waals surface area contributed by atoms with Crippen molar-refractivity contribution in [2.45, 2.75) is 42.4 Å². The lowest BCUT2D eigenvalue weighted by Crippen LogP contribution is -2.28. The Balaban J connectivity index is 0.614. The molecule has 4 heteroatoms. The van der Waals surface area contributed by atoms with Crippen molar-refractivity contribution in [3.63, 3.8) is 0 Å². The molecule has 137 heavy (non-hydrogen) atoms. The van der Waals surface area contributed by atoms with Crippen LogP contribution in [-0.4, -0.2) is 9.13 Å². The number of rotatable bonds is 16. The Bertz CT molecular complexity index is 8750. The van der Waals surface area contributed by atoms with Crippen molar-refractivity contribution >= 4 is 77.7 Å². The van der Waals surface area contributed by atoms with Crippen LogP contribution in [0.1, 0.15) is 93.1 Å². The van der Waals surface area contributed by atoms with Crippen LogP contribution in [0, 0.1) is 0 Å². The Kier molecular flexibility index (Phi) is 18.0. The average Bonchev–Trinajstić information content (AvgIpc) is 1.53. The number of aromatic nitrogens is 2. The molecule has 4 nitrogen and oxygen atoms in total. The molecule has 0 N–H and O–H groups in total. The molecule has 2 aromatic heterocycles. The number of anilines is 6. The van der Waals surface area contributed by atoms with Gasteiger partial charge in [0.15, 0.2) is 0 Å². The molecule has 0 aliphatic heterocycles. The highest BCUT2D eigenvalue weighted by Crippen LogP contribution is 2.63. The Morgan fingerprint density at radius 1 is 0.168 bits per heavy atom. The van der Waals surface area contributed by atoms with E-state index in [1.165, 1.54) is 161 Å². The Morgan fingerprint density at radius 3 is 0.985 bits per heavy atom. The lowest BCUT2D eigenvalue weighted by molar-refractivity contribution is 0.713. The van der Waals surface area contributed by atoms with E-state index in [0.717, 1.165) is 78.6 Å². The van der Waals surface area contributed by atoms with Crippen LogP contribution in [0.4, 0.5) is 34.1 Å². The molecule has 4 aliphatic carbocycles. The van der Waals surface area contributed by atoms with Crippen molar-refractivity contribution in [1.29, 1.82) is 0 Å². The minimum absolute atomic E-state index is 0.427. The van der Waals surface area contributed by atoms with Crippen LogP contribution in [0.25, 0.3) is 133 Å². The number of hydrogen-bond donors (Lipinski definition) is 0. The van der Waals surface area contributed by atoms with E-state index in [1.54, 1.807) is 0 Å². The normalized spacial score (nSPS) is 16.0. The van der Waals surface area contributed by atoms with E-state index in [9.17, 15) is 0 Å². The van der Waals surface area contributed by atoms with Gasteiger partial charge in [-0.15, -0.1) is 0 Å². The van der Waals surface area contributed by atoms with E-state index in [1.807, 2.05) is 0 Å². The summed E-state index contributed by atoms with van der Waals surface area (Å²) in [5.74, 6) is 0. The number of hydrogen-bond acceptors (Lipinski definition) is 2. The van der Waals surface area contributed by atoms with Gasteiger partial charge in [-0.05, 0) is 304 Å². The molecule has 0 saturated carbocycles. The van der Waals surface area contributed by atoms with Gasteiger partial charge in [0.1, 0.15) is 0 Å². The minimum Gasteiger partial charge on any atom is -0.310 e. The van der Waals surface area contributed by atoms with Crippen molar-refractivity contribution < 1.29 is 0 Å². The van der Waals surface area contributed by atoms with Gasteiger partial charge in [-0.2, -0.15) is 0 Å². The van der Waals surface area contributed by atoms with E-state index in [4.69, 9.17) is 0 Å². The number of para-hydroxylation sites is 3. The van der Waals surface area contributed by atoms with Crippen molar-refractivity contribution in [2.24, 2.45) is 0 Å². The first-order valence-corrected chi connectivity index (χ1v) is 47.9. The molecule has 2 heterocycles. The zero-order chi connectivity index (χ0) is 90.8. The van der Waals surface area contributed by atoms with Gasteiger partial charge in [-0.1, -0.05) is 370 Å². The molecule has 0 saturated heterocycles. The largest absolute Gasteiger partial charge is 0.310 e. The summed E-state index contributed by atoms with van der Waals surface area (Å²) < 4.78 is 4.90. The Hall–Kier alpha value is -17.2. The van der Waals surface area contributed by atoms with Crippen LogP contribution in [-0.2, 0) is 21.7 Å². The number of fused-ring (bicyclic) bond motifs is 18. The van der Waals surface area contributed by atoms with Crippen LogP contribution in [0.15, 0.2) is 504 Å². The summed E-state index contributed by atoms with van der Waals surface area (Å²) in [4.78, 5) is 5.09. The molecule has 0 radical (unpaired) electrons. The van der Waals surface area contributed by atoms with Gasteiger partial charge >= 0.3 is 0 Å². The zero-order valence-corrected chi connectivity index (χ0v) is 76.2. The predicted molar refractivity (Wildman–Crippen MR) is 570 cm³/mol. The van der Waals surface area contributed by atoms with E-state index in [-0.39, 0.29) is 0 Å². The third-order valence-corrected chi connectivity index (χ3v) is 31.2. The lowest BCUT2D eigenvalue weighted by Gasteiger charge is -2.35. The first-order valence-electron chi connectivity index (χ1n) is 47.9. The Morgan fingerprint density at radius 2 is 0.489 bits per heavy atom. The second-order valence-electron chi connectivity index (χ2n) is 38.0. The molecule has 0 amide bonds. The molecule has 23 aromatic rings. The number of nitrogens with zero attached hydrogens (tertiary/aromatic N) is 4. The van der Waals surface area contributed by atoms with Gasteiger partial charge in [0.05, 0.1) is 27.5 Å². The van der Waals surface area contributed by atoms with Gasteiger partial charge < -0.3 is 18.9 Å². The highest BCUT2D eigenvalue weighted by Gasteiger charge is 2.49. The maximum Gasteiger partial charge on any atom is 0.0714 e. The standard InChI is InChI=1S/C133H92N4/c1-130(91-41-16-6-17-42-91)116-58-32-28-53-105(116)107-73-67-100(83-119(107)130)134(98-71-77-126-114(81-98)109-55-30-34-61-124(109)136(126)96-51-26-11-27-52-96)102-70-76-112-121(85-102)132(3,93-45-20-8-21-46-93)123-80-90(79-113(129(112)123)89-39-14-5-15-40-89)87-63-65-97(66-64-87)137-125-62-35-31-56-110(125)115-82-99(72-78-127(115)137)135(103-68-74-108-106-54-29-33-59-117(106)133(122(108)86-103,94-47-22-9-23-48-94)95-49-24-10-25-50-95)101-69-75-111-120(84-101)131(2,92-43-18-7-19-44-92)118-60-36-57-104(128(111)118)88-37-12-4-13-38-88/h4-86H,1-3H3. The minimum atomic E-state index is -0.633. The SMILES string of the molecule is CC1(c2ccccc2)c2ccccc2-c2ccc(N(c3ccc4c(c3)C(C)(c3ccccc3)c3cc(-c5ccc(-n6c7ccccc7c7cc(N(c8ccc9c(c8)C(C)(c8ccccc8)c8cccc(-c%10ccccc%10)c8-9)c8ccc9c(c8)C(c8ccccc8)(c8ccccc8)c8ccccc8-9)ccc76)cc5)cc(-c5ccccc5)c3-4)c3ccc4c(c3)c3ccccc3n4-c3ccccc3)cc21. The molecular formula is C133H92N4. The van der Waals surface area contributed by atoms with E-state index in [0.29, 0.717) is 0 Å². The van der Waals surface area contributed by atoms with Gasteiger partial charge in [-0.25, -0.2) is 0 Å². The molecule has 4 aliphatic rings. The van der Waals surface area contributed by atoms with Crippen molar-refractivity contribution in [3.05, 3.63) is 576 Å². The van der Waals surface area contributed by atoms with Crippen molar-refractivity contribution in [3.8, 4) is 89.3 Å². The fourth-order valence-corrected chi connectivity index (χ4v) is 24.8. The molecule has 0 fully saturated rings. The maximum absolute atomic E-state index is 2.55. The summed E-state index contributed by atoms with van der Waals surface area (Å²) in [7, 11) is 0. The zero-order valence-electron chi connectivity index (χ0n) is 76.2. The van der Waals surface area contributed by atoms with Crippen molar-refractivity contribution in [1.82, 2.24) is 9.13 Å². The average molecular weight is 1750 g/mol. The fraction of sp³-hybridized carbons (Fsp3) is 0.0526. The summed E-state index contributed by atoms with van der Waals surface area (Å²) in [6.45, 7) is 7.36. The van der Waals surface area contributed by atoms with Gasteiger partial charge in [0, 0.05) is 83.3 Å². The summed E-state index contributed by atoms with van der Waals surface area (Å²) in [6, 6.07) is 190. The molecule has 0 bridgehead atoms. The van der Waals surface area contributed by atoms with Gasteiger partial charge in [0.2, 0.25) is 0 Å². The molecule has 644 valence electrons. The lowest BCUT2D eigenvalue weighted by atomic mass is 9.67. The molecule has 27 rings (SSSR count). The van der Waals surface area contributed by atoms with Gasteiger partial charge in [-0.3, -0.25) is 0 Å². The third kappa shape index (κ3) is 11.8. The summed E-state index contributed by atoms with van der Waals surface area (Å²) >= 11 is 0. The quantitative estimate of drug-likeness (QED) is 0.0959. The van der Waals surface area contributed by atoms with Crippen LogP contribution in [0.3, 0.4) is 0 Å². The predicted octanol–water partition coefficient (Wildman–Crippen LogP) is 34.2. The summed E-state index contributed by atoms with van der Waals surface area (Å²) in [5, 5.41) is 4.73. The van der Waals surface area contributed by atoms with E-state index < -0.39 is 21.7 Å². The van der Waals surface area contributed by atoms with Crippen molar-refractivity contribution in [2.75, 3.05) is 9.80 Å². The molecule has 3 atom stereocenters. The van der Waals surface area contributed by atoms with E-state index >= 15 is 0 Å². The number of benzene rings is 21. The van der Waals surface area contributed by atoms with Crippen LogP contribution in [0.5, 0.6) is 0 Å². The fourth-order valence-electron chi connectivity index (χ4n) is 24.8. The topological polar surface area (TPSA) is 16.3 Å². The van der Waals surface area contributed by atoms with Crippen LogP contribution >= 0.6 is 0 Å². The highest BCUT2D eigenvalue weighted by atomic mass is 15.2. The second kappa shape index (κ2) is 31.0. The molecule has 3 unspecified atom stereocenters. The second-order valence-corrected chi connectivity index (χ2v) is 38.0. The summed E-state index contributed by atoms with van der Waals surface area (Å²) in [6.07, 6.45) is 0. The third-order valence-electron chi connectivity index (χ3n) is 31.2. The van der Waals surface area contributed by atoms with E-state index in [2.05, 4.69) is 543 Å². The first-order chi connectivity index (χ1) is 67.6. The Labute approximate surface area is 798 Å². The molecule has 0 spiro atoms. The molecular weight excluding hydrogens is 1650 g/mol. The van der Waals surface area contributed by atoms with Crippen LogP contribution < -0.4 is 9.80 Å². The first kappa shape index (κ1) is 79.6. The monoisotopic (exact) mass is 1740 g/mol.